The molecular weight excluding hydrogens is 200 g/mol. The molecule has 0 saturated heterocycles. The fourth-order valence-electron chi connectivity index (χ4n) is 1.45. The molecule has 0 bridgehead atoms. The minimum Gasteiger partial charge on any atom is -0.456 e. The van der Waals surface area contributed by atoms with Crippen LogP contribution in [0.1, 0.15) is 11.1 Å². The van der Waals surface area contributed by atoms with Crippen molar-refractivity contribution < 1.29 is 4.74 Å². The van der Waals surface area contributed by atoms with Crippen LogP contribution in [0.3, 0.4) is 0 Å². The van der Waals surface area contributed by atoms with Gasteiger partial charge in [0.05, 0.1) is 6.20 Å². The Bertz CT molecular complexity index is 483. The third-order valence-electron chi connectivity index (χ3n) is 2.23. The molecule has 3 heteroatoms. The van der Waals surface area contributed by atoms with E-state index in [1.807, 2.05) is 37.3 Å². The van der Waals surface area contributed by atoms with Crippen molar-refractivity contribution in [3.8, 4) is 11.5 Å². The van der Waals surface area contributed by atoms with E-state index in [0.717, 1.165) is 11.3 Å². The molecule has 0 fully saturated rings. The van der Waals surface area contributed by atoms with Gasteiger partial charge in [0.1, 0.15) is 11.5 Å². The summed E-state index contributed by atoms with van der Waals surface area (Å²) in [6.07, 6.45) is 3.42. The van der Waals surface area contributed by atoms with E-state index in [-0.39, 0.29) is 0 Å². The zero-order chi connectivity index (χ0) is 11.4. The molecular formula is C13H14N2O. The highest BCUT2D eigenvalue weighted by Gasteiger charge is 1.99. The molecule has 0 aliphatic heterocycles. The van der Waals surface area contributed by atoms with E-state index in [1.165, 1.54) is 5.56 Å². The lowest BCUT2D eigenvalue weighted by atomic mass is 10.2. The zero-order valence-electron chi connectivity index (χ0n) is 9.18. The van der Waals surface area contributed by atoms with Gasteiger partial charge in [-0.3, -0.25) is 4.98 Å². The van der Waals surface area contributed by atoms with Crippen molar-refractivity contribution in [3.63, 3.8) is 0 Å². The third kappa shape index (κ3) is 2.58. The molecule has 2 aromatic rings. The molecule has 0 aliphatic carbocycles. The molecule has 0 unspecified atom stereocenters. The molecule has 2 rings (SSSR count). The maximum absolute atomic E-state index is 5.68. The number of pyridine rings is 1. The molecule has 0 spiro atoms. The summed E-state index contributed by atoms with van der Waals surface area (Å²) in [6, 6.07) is 9.79. The number of ether oxygens (including phenoxy) is 1. The van der Waals surface area contributed by atoms with Gasteiger partial charge < -0.3 is 10.5 Å². The summed E-state index contributed by atoms with van der Waals surface area (Å²) in [5.41, 5.74) is 7.67. The van der Waals surface area contributed by atoms with Crippen molar-refractivity contribution in [1.82, 2.24) is 4.98 Å². The Labute approximate surface area is 94.9 Å². The smallest absolute Gasteiger partial charge is 0.146 e. The molecule has 82 valence electrons. The monoisotopic (exact) mass is 214 g/mol. The van der Waals surface area contributed by atoms with Crippen molar-refractivity contribution in [1.29, 1.82) is 0 Å². The first-order valence-electron chi connectivity index (χ1n) is 5.16. The lowest BCUT2D eigenvalue weighted by Gasteiger charge is -2.06. The predicted octanol–water partition coefficient (Wildman–Crippen LogP) is 2.64. The van der Waals surface area contributed by atoms with Crippen LogP contribution in [0.5, 0.6) is 11.5 Å². The van der Waals surface area contributed by atoms with Crippen molar-refractivity contribution in [3.05, 3.63) is 53.9 Å². The molecule has 0 aliphatic rings. The number of benzene rings is 1. The van der Waals surface area contributed by atoms with Gasteiger partial charge in [-0.15, -0.1) is 0 Å². The van der Waals surface area contributed by atoms with Gasteiger partial charge in [0.15, 0.2) is 0 Å². The lowest BCUT2D eigenvalue weighted by Crippen LogP contribution is -1.97. The van der Waals surface area contributed by atoms with Crippen molar-refractivity contribution in [2.24, 2.45) is 5.73 Å². The average Bonchev–Trinajstić information content (AvgIpc) is 2.29. The number of hydrogen-bond donors (Lipinski definition) is 1. The Kier molecular flexibility index (Phi) is 3.17. The Morgan fingerprint density at radius 2 is 2.06 bits per heavy atom. The summed E-state index contributed by atoms with van der Waals surface area (Å²) >= 11 is 0. The van der Waals surface area contributed by atoms with Crippen LogP contribution in [0.4, 0.5) is 0 Å². The maximum Gasteiger partial charge on any atom is 0.146 e. The highest BCUT2D eigenvalue weighted by molar-refractivity contribution is 5.33. The molecule has 1 heterocycles. The van der Waals surface area contributed by atoms with Gasteiger partial charge in [0.2, 0.25) is 0 Å². The summed E-state index contributed by atoms with van der Waals surface area (Å²) in [5, 5.41) is 0. The summed E-state index contributed by atoms with van der Waals surface area (Å²) < 4.78 is 5.68. The number of hydrogen-bond acceptors (Lipinski definition) is 3. The van der Waals surface area contributed by atoms with E-state index >= 15 is 0 Å². The summed E-state index contributed by atoms with van der Waals surface area (Å²) in [7, 11) is 0. The molecule has 0 radical (unpaired) electrons. The van der Waals surface area contributed by atoms with E-state index in [9.17, 15) is 0 Å². The van der Waals surface area contributed by atoms with E-state index < -0.39 is 0 Å². The molecule has 1 aromatic carbocycles. The van der Waals surface area contributed by atoms with E-state index in [0.29, 0.717) is 12.3 Å². The Balaban J connectivity index is 2.20. The van der Waals surface area contributed by atoms with Crippen LogP contribution in [0.25, 0.3) is 0 Å². The Hall–Kier alpha value is -1.87. The summed E-state index contributed by atoms with van der Waals surface area (Å²) in [4.78, 5) is 4.07. The van der Waals surface area contributed by atoms with Crippen LogP contribution in [0.15, 0.2) is 42.7 Å². The highest BCUT2D eigenvalue weighted by atomic mass is 16.5. The van der Waals surface area contributed by atoms with Crippen LogP contribution in [-0.4, -0.2) is 4.98 Å². The quantitative estimate of drug-likeness (QED) is 0.854. The molecule has 16 heavy (non-hydrogen) atoms. The number of aryl methyl sites for hydroxylation is 1. The molecule has 0 atom stereocenters. The second-order valence-corrected chi connectivity index (χ2v) is 3.65. The Morgan fingerprint density at radius 3 is 2.81 bits per heavy atom. The molecule has 0 amide bonds. The topological polar surface area (TPSA) is 48.1 Å². The van der Waals surface area contributed by atoms with Gasteiger partial charge in [-0.25, -0.2) is 0 Å². The Morgan fingerprint density at radius 1 is 1.19 bits per heavy atom. The fourth-order valence-corrected chi connectivity index (χ4v) is 1.45. The van der Waals surface area contributed by atoms with Crippen molar-refractivity contribution in [2.45, 2.75) is 13.5 Å². The van der Waals surface area contributed by atoms with Crippen LogP contribution in [0.2, 0.25) is 0 Å². The predicted molar refractivity (Wildman–Crippen MR) is 63.4 cm³/mol. The second-order valence-electron chi connectivity index (χ2n) is 3.65. The highest BCUT2D eigenvalue weighted by Crippen LogP contribution is 2.21. The minimum absolute atomic E-state index is 0.470. The van der Waals surface area contributed by atoms with Crippen LogP contribution >= 0.6 is 0 Å². The normalized spacial score (nSPS) is 10.1. The number of nitrogens with two attached hydrogens (primary N) is 1. The van der Waals surface area contributed by atoms with Crippen LogP contribution in [-0.2, 0) is 6.54 Å². The average molecular weight is 214 g/mol. The van der Waals surface area contributed by atoms with Gasteiger partial charge in [-0.2, -0.15) is 0 Å². The van der Waals surface area contributed by atoms with E-state index in [4.69, 9.17) is 10.5 Å². The minimum atomic E-state index is 0.470. The van der Waals surface area contributed by atoms with Gasteiger partial charge in [0, 0.05) is 12.7 Å². The zero-order valence-corrected chi connectivity index (χ0v) is 9.18. The molecule has 2 N–H and O–H groups in total. The molecule has 3 nitrogen and oxygen atoms in total. The molecule has 0 saturated carbocycles. The largest absolute Gasteiger partial charge is 0.456 e. The number of nitrogens with zero attached hydrogens (tertiary/aromatic N) is 1. The van der Waals surface area contributed by atoms with Gasteiger partial charge in [-0.05, 0) is 36.2 Å². The lowest BCUT2D eigenvalue weighted by molar-refractivity contribution is 0.479. The SMILES string of the molecule is Cc1cccc(Oc2cncc(CN)c2)c1. The standard InChI is InChI=1S/C13H14N2O/c1-10-3-2-4-12(5-10)16-13-6-11(7-14)8-15-9-13/h2-6,8-9H,7,14H2,1H3. The van der Waals surface area contributed by atoms with Crippen molar-refractivity contribution >= 4 is 0 Å². The first-order valence-corrected chi connectivity index (χ1v) is 5.16. The van der Waals surface area contributed by atoms with Gasteiger partial charge in [-0.1, -0.05) is 12.1 Å². The van der Waals surface area contributed by atoms with Gasteiger partial charge in [0.25, 0.3) is 0 Å². The third-order valence-corrected chi connectivity index (χ3v) is 2.23. The van der Waals surface area contributed by atoms with Crippen LogP contribution in [0, 0.1) is 6.92 Å². The summed E-state index contributed by atoms with van der Waals surface area (Å²) in [5.74, 6) is 1.53. The van der Waals surface area contributed by atoms with E-state index in [2.05, 4.69) is 4.98 Å². The number of rotatable bonds is 3. The summed E-state index contributed by atoms with van der Waals surface area (Å²) in [6.45, 7) is 2.50. The first-order chi connectivity index (χ1) is 7.78. The van der Waals surface area contributed by atoms with Crippen molar-refractivity contribution in [2.75, 3.05) is 0 Å². The second kappa shape index (κ2) is 4.77. The molecule has 1 aromatic heterocycles. The van der Waals surface area contributed by atoms with Gasteiger partial charge >= 0.3 is 0 Å². The maximum atomic E-state index is 5.68. The van der Waals surface area contributed by atoms with Crippen LogP contribution < -0.4 is 10.5 Å². The first kappa shape index (κ1) is 10.6. The van der Waals surface area contributed by atoms with E-state index in [1.54, 1.807) is 12.4 Å². The fraction of sp³-hybridized carbons (Fsp3) is 0.154. The number of aromatic nitrogens is 1.